The summed E-state index contributed by atoms with van der Waals surface area (Å²) in [4.78, 5) is 12.0. The summed E-state index contributed by atoms with van der Waals surface area (Å²) in [6.07, 6.45) is 1.58. The summed E-state index contributed by atoms with van der Waals surface area (Å²) in [7, 11) is 0. The summed E-state index contributed by atoms with van der Waals surface area (Å²) in [5.41, 5.74) is 0. The summed E-state index contributed by atoms with van der Waals surface area (Å²) in [6, 6.07) is -0.316. The minimum Gasteiger partial charge on any atom is -0.464 e. The summed E-state index contributed by atoms with van der Waals surface area (Å²) >= 11 is 0. The van der Waals surface area contributed by atoms with Crippen LogP contribution in [0.25, 0.3) is 0 Å². The lowest BCUT2D eigenvalue weighted by Crippen LogP contribution is -2.43. The molecule has 0 aromatic rings. The largest absolute Gasteiger partial charge is 0.464 e. The molecule has 4 atom stereocenters. The number of ether oxygens (including phenoxy) is 3. The molecule has 2 rings (SSSR count). The quantitative estimate of drug-likeness (QED) is 0.606. The van der Waals surface area contributed by atoms with E-state index >= 15 is 0 Å². The Hall–Kier alpha value is -0.650. The molecule has 2 heterocycles. The van der Waals surface area contributed by atoms with Gasteiger partial charge in [0.1, 0.15) is 18.2 Å². The molecule has 0 radical (unpaired) electrons. The van der Waals surface area contributed by atoms with Crippen molar-refractivity contribution in [1.82, 2.24) is 5.32 Å². The summed E-state index contributed by atoms with van der Waals surface area (Å²) in [5.74, 6) is -0.850. The van der Waals surface area contributed by atoms with Crippen molar-refractivity contribution in [1.29, 1.82) is 0 Å². The topological polar surface area (TPSA) is 56.8 Å². The van der Waals surface area contributed by atoms with Crippen LogP contribution in [0.2, 0.25) is 0 Å². The molecule has 0 amide bonds. The highest BCUT2D eigenvalue weighted by Crippen LogP contribution is 2.35. The second-order valence-corrected chi connectivity index (χ2v) is 5.52. The van der Waals surface area contributed by atoms with E-state index in [1.54, 1.807) is 0 Å². The lowest BCUT2D eigenvalue weighted by atomic mass is 10.1. The Morgan fingerprint density at radius 3 is 2.67 bits per heavy atom. The van der Waals surface area contributed by atoms with Crippen LogP contribution in [0.3, 0.4) is 0 Å². The smallest absolute Gasteiger partial charge is 0.325 e. The van der Waals surface area contributed by atoms with E-state index in [9.17, 15) is 4.79 Å². The van der Waals surface area contributed by atoms with E-state index in [-0.39, 0.29) is 24.2 Å². The van der Waals surface area contributed by atoms with Crippen molar-refractivity contribution in [3.05, 3.63) is 0 Å². The van der Waals surface area contributed by atoms with E-state index in [0.29, 0.717) is 6.61 Å². The highest BCUT2D eigenvalue weighted by Gasteiger charge is 2.55. The number of nitrogens with one attached hydrogen (secondary N) is 1. The molecule has 5 heteroatoms. The number of fused-ring (bicyclic) bond motifs is 1. The first kappa shape index (κ1) is 13.8. The fraction of sp³-hybridized carbons (Fsp3) is 0.923. The monoisotopic (exact) mass is 257 g/mol. The molecule has 18 heavy (non-hydrogen) atoms. The molecule has 0 spiro atoms. The lowest BCUT2D eigenvalue weighted by molar-refractivity contribution is -0.165. The molecular weight excluding hydrogens is 234 g/mol. The molecule has 0 bridgehead atoms. The van der Waals surface area contributed by atoms with Gasteiger partial charge in [-0.1, -0.05) is 13.3 Å². The van der Waals surface area contributed by atoms with Crippen LogP contribution >= 0.6 is 0 Å². The first-order chi connectivity index (χ1) is 8.44. The van der Waals surface area contributed by atoms with Crippen molar-refractivity contribution < 1.29 is 19.0 Å². The van der Waals surface area contributed by atoms with Crippen LogP contribution in [0.5, 0.6) is 0 Å². The fourth-order valence-corrected chi connectivity index (χ4v) is 2.54. The van der Waals surface area contributed by atoms with Gasteiger partial charge in [-0.05, 0) is 27.2 Å². The Labute approximate surface area is 108 Å². The summed E-state index contributed by atoms with van der Waals surface area (Å²) < 4.78 is 16.9. The number of carbonyl (C=O) groups is 1. The average Bonchev–Trinajstić information content (AvgIpc) is 2.74. The SMILES string of the molecule is CCCCOC(=O)C1N[C@H](C)[C@H]2OC(C)(C)O[C@@H]12. The first-order valence-electron chi connectivity index (χ1n) is 6.73. The number of carbonyl (C=O) groups excluding carboxylic acids is 1. The maximum absolute atomic E-state index is 12.0. The van der Waals surface area contributed by atoms with Gasteiger partial charge in [-0.3, -0.25) is 10.1 Å². The third kappa shape index (κ3) is 2.68. The van der Waals surface area contributed by atoms with E-state index in [1.807, 2.05) is 20.8 Å². The molecule has 0 saturated carbocycles. The third-order valence-electron chi connectivity index (χ3n) is 3.42. The number of rotatable bonds is 4. The van der Waals surface area contributed by atoms with Gasteiger partial charge in [-0.15, -0.1) is 0 Å². The molecule has 2 fully saturated rings. The van der Waals surface area contributed by atoms with Gasteiger partial charge in [0.15, 0.2) is 5.79 Å². The molecule has 0 aliphatic carbocycles. The highest BCUT2D eigenvalue weighted by molar-refractivity contribution is 5.77. The van der Waals surface area contributed by atoms with Gasteiger partial charge in [0.05, 0.1) is 6.61 Å². The number of hydrogen-bond donors (Lipinski definition) is 1. The minimum absolute atomic E-state index is 0.0799. The van der Waals surface area contributed by atoms with Gasteiger partial charge >= 0.3 is 5.97 Å². The second-order valence-electron chi connectivity index (χ2n) is 5.52. The highest BCUT2D eigenvalue weighted by atomic mass is 16.8. The molecule has 1 N–H and O–H groups in total. The zero-order valence-electron chi connectivity index (χ0n) is 11.6. The summed E-state index contributed by atoms with van der Waals surface area (Å²) in [6.45, 7) is 8.29. The maximum Gasteiger partial charge on any atom is 0.325 e. The van der Waals surface area contributed by atoms with Crippen LogP contribution in [0.4, 0.5) is 0 Å². The summed E-state index contributed by atoms with van der Waals surface area (Å²) in [5, 5.41) is 3.20. The van der Waals surface area contributed by atoms with Crippen LogP contribution in [0.1, 0.15) is 40.5 Å². The maximum atomic E-state index is 12.0. The van der Waals surface area contributed by atoms with Crippen LogP contribution in [0.15, 0.2) is 0 Å². The van der Waals surface area contributed by atoms with Crippen LogP contribution < -0.4 is 5.32 Å². The second kappa shape index (κ2) is 5.15. The van der Waals surface area contributed by atoms with Crippen LogP contribution in [-0.2, 0) is 19.0 Å². The Morgan fingerprint density at radius 1 is 1.33 bits per heavy atom. The van der Waals surface area contributed by atoms with Crippen molar-refractivity contribution in [2.24, 2.45) is 0 Å². The third-order valence-corrected chi connectivity index (χ3v) is 3.42. The standard InChI is InChI=1S/C13H23NO4/c1-5-6-7-16-12(15)9-11-10(8(2)14-9)17-13(3,4)18-11/h8-11,14H,5-7H2,1-4H3/t8-,9?,10-,11+/m1/s1. The molecular formula is C13H23NO4. The molecule has 2 saturated heterocycles. The van der Waals surface area contributed by atoms with Crippen molar-refractivity contribution in [2.75, 3.05) is 6.61 Å². The molecule has 0 aromatic carbocycles. The van der Waals surface area contributed by atoms with Crippen molar-refractivity contribution in [3.63, 3.8) is 0 Å². The first-order valence-corrected chi connectivity index (χ1v) is 6.73. The number of unbranched alkanes of at least 4 members (excludes halogenated alkanes) is 1. The Kier molecular flexibility index (Phi) is 3.94. The van der Waals surface area contributed by atoms with E-state index in [4.69, 9.17) is 14.2 Å². The van der Waals surface area contributed by atoms with E-state index in [1.165, 1.54) is 0 Å². The van der Waals surface area contributed by atoms with E-state index < -0.39 is 11.8 Å². The zero-order chi connectivity index (χ0) is 13.3. The minimum atomic E-state index is -0.617. The number of esters is 1. The lowest BCUT2D eigenvalue weighted by Gasteiger charge is -2.22. The van der Waals surface area contributed by atoms with Gasteiger partial charge in [0.2, 0.25) is 0 Å². The Bertz CT molecular complexity index is 318. The fourth-order valence-electron chi connectivity index (χ4n) is 2.54. The normalized spacial score (nSPS) is 37.6. The van der Waals surface area contributed by atoms with Gasteiger partial charge in [-0.25, -0.2) is 0 Å². The van der Waals surface area contributed by atoms with Gasteiger partial charge < -0.3 is 14.2 Å². The Morgan fingerprint density at radius 2 is 2.00 bits per heavy atom. The molecule has 2 aliphatic rings. The predicted molar refractivity (Wildman–Crippen MR) is 66.1 cm³/mol. The van der Waals surface area contributed by atoms with Crippen LogP contribution in [0, 0.1) is 0 Å². The average molecular weight is 257 g/mol. The molecule has 5 nitrogen and oxygen atoms in total. The number of hydrogen-bond acceptors (Lipinski definition) is 5. The Balaban J connectivity index is 1.95. The molecule has 2 aliphatic heterocycles. The molecule has 1 unspecified atom stereocenters. The van der Waals surface area contributed by atoms with Gasteiger partial charge in [-0.2, -0.15) is 0 Å². The molecule has 0 aromatic heterocycles. The van der Waals surface area contributed by atoms with E-state index in [2.05, 4.69) is 12.2 Å². The van der Waals surface area contributed by atoms with Crippen LogP contribution in [-0.4, -0.2) is 42.7 Å². The van der Waals surface area contributed by atoms with Gasteiger partial charge in [0.25, 0.3) is 0 Å². The van der Waals surface area contributed by atoms with E-state index in [0.717, 1.165) is 12.8 Å². The predicted octanol–water partition coefficient (Wildman–Crippen LogP) is 1.21. The van der Waals surface area contributed by atoms with Crippen molar-refractivity contribution in [2.45, 2.75) is 70.6 Å². The zero-order valence-corrected chi connectivity index (χ0v) is 11.6. The molecule has 104 valence electrons. The van der Waals surface area contributed by atoms with Crippen molar-refractivity contribution >= 4 is 5.97 Å². The van der Waals surface area contributed by atoms with Crippen molar-refractivity contribution in [3.8, 4) is 0 Å². The van der Waals surface area contributed by atoms with Gasteiger partial charge in [0, 0.05) is 6.04 Å².